The Morgan fingerprint density at radius 1 is 1.40 bits per heavy atom. The van der Waals surface area contributed by atoms with E-state index in [9.17, 15) is 0 Å². The van der Waals surface area contributed by atoms with Crippen molar-refractivity contribution in [2.24, 2.45) is 0 Å². The molecule has 1 aliphatic heterocycles. The van der Waals surface area contributed by atoms with Crippen molar-refractivity contribution in [3.05, 3.63) is 0 Å². The molecule has 0 saturated carbocycles. The summed E-state index contributed by atoms with van der Waals surface area (Å²) >= 11 is 0. The van der Waals surface area contributed by atoms with Crippen LogP contribution in [0.3, 0.4) is 0 Å². The highest BCUT2D eigenvalue weighted by molar-refractivity contribution is 4.16. The molecule has 3 nitrogen and oxygen atoms in total. The van der Waals surface area contributed by atoms with Crippen molar-refractivity contribution in [2.45, 2.75) is 13.2 Å². The molecular formula is C2H4O3. The molecule has 30 valence electrons. The summed E-state index contributed by atoms with van der Waals surface area (Å²) in [4.78, 5) is 8.42. The first-order valence-electron chi connectivity index (χ1n) is 1.38. The summed E-state index contributed by atoms with van der Waals surface area (Å²) in [5.41, 5.74) is 0. The average molecular weight is 76.1 g/mol. The van der Waals surface area contributed by atoms with Crippen molar-refractivity contribution in [1.82, 2.24) is 0 Å². The molecular weight excluding hydrogens is 72.0 g/mol. The highest BCUT2D eigenvalue weighted by atomic mass is 17.6. The van der Waals surface area contributed by atoms with Crippen LogP contribution in [0.25, 0.3) is 0 Å². The van der Waals surface area contributed by atoms with Gasteiger partial charge in [-0.1, -0.05) is 5.04 Å². The van der Waals surface area contributed by atoms with E-state index >= 15 is 0 Å². The van der Waals surface area contributed by atoms with Crippen molar-refractivity contribution < 1.29 is 14.8 Å². The largest absolute Gasteiger partial charge is 0.227 e. The molecule has 0 atom stereocenters. The van der Waals surface area contributed by atoms with E-state index in [0.29, 0.717) is 0 Å². The molecule has 1 saturated heterocycles. The number of hydrogen-bond acceptors (Lipinski definition) is 3. The van der Waals surface area contributed by atoms with Gasteiger partial charge in [0.25, 0.3) is 0 Å². The van der Waals surface area contributed by atoms with E-state index in [1.165, 1.54) is 0 Å². The maximum atomic E-state index is 4.21. The Morgan fingerprint density at radius 2 is 1.80 bits per heavy atom. The summed E-state index contributed by atoms with van der Waals surface area (Å²) in [7, 11) is 0. The second kappa shape index (κ2) is 0.931. The maximum Gasteiger partial charge on any atom is 0.227 e. The Balaban J connectivity index is 2.08. The summed E-state index contributed by atoms with van der Waals surface area (Å²) < 4.78 is 0. The molecule has 1 fully saturated rings. The lowest BCUT2D eigenvalue weighted by molar-refractivity contribution is -0.686. The predicted octanol–water partition coefficient (Wildman–Crippen LogP) is 0.226. The minimum Gasteiger partial charge on any atom is -0.171 e. The highest BCUT2D eigenvalue weighted by Crippen LogP contribution is 2.04. The fourth-order valence-electron chi connectivity index (χ4n) is 0.118. The lowest BCUT2D eigenvalue weighted by atomic mass is 10.8. The van der Waals surface area contributed by atoms with Gasteiger partial charge in [-0.15, -0.1) is 0 Å². The molecule has 0 N–H and O–H groups in total. The smallest absolute Gasteiger partial charge is 0.171 e. The predicted molar refractivity (Wildman–Crippen MR) is 12.7 cm³/mol. The lowest BCUT2D eigenvalue weighted by Crippen LogP contribution is -2.23. The van der Waals surface area contributed by atoms with Crippen molar-refractivity contribution in [3.63, 3.8) is 0 Å². The van der Waals surface area contributed by atoms with Gasteiger partial charge in [0.2, 0.25) is 6.29 Å². The first-order valence-corrected chi connectivity index (χ1v) is 1.38. The van der Waals surface area contributed by atoms with Crippen LogP contribution < -0.4 is 0 Å². The van der Waals surface area contributed by atoms with Gasteiger partial charge in [-0.05, 0) is 6.92 Å². The zero-order valence-corrected chi connectivity index (χ0v) is 2.80. The van der Waals surface area contributed by atoms with Crippen molar-refractivity contribution in [3.8, 4) is 0 Å². The first kappa shape index (κ1) is 3.08. The molecule has 0 bridgehead atoms. The minimum atomic E-state index is -0.157. The van der Waals surface area contributed by atoms with Gasteiger partial charge in [0, 0.05) is 0 Å². The van der Waals surface area contributed by atoms with E-state index in [2.05, 4.69) is 14.8 Å². The minimum absolute atomic E-state index is 0.157. The normalized spacial score (nSPS) is 25.8. The number of rotatable bonds is 0. The molecule has 1 rings (SSSR count). The fourth-order valence-corrected chi connectivity index (χ4v) is 0.118. The van der Waals surface area contributed by atoms with Gasteiger partial charge in [-0.25, -0.2) is 0 Å². The van der Waals surface area contributed by atoms with Crippen LogP contribution in [0.5, 0.6) is 0 Å². The van der Waals surface area contributed by atoms with Crippen LogP contribution >= 0.6 is 0 Å². The Kier molecular flexibility index (Phi) is 0.574. The molecule has 0 aromatic heterocycles. The van der Waals surface area contributed by atoms with Crippen LogP contribution in [0, 0.1) is 0 Å². The third kappa shape index (κ3) is 0.397. The van der Waals surface area contributed by atoms with Crippen LogP contribution in [-0.2, 0) is 14.8 Å². The summed E-state index contributed by atoms with van der Waals surface area (Å²) in [5.74, 6) is 0. The first-order chi connectivity index (χ1) is 2.39. The van der Waals surface area contributed by atoms with E-state index in [1.807, 2.05) is 0 Å². The molecule has 1 heterocycles. The molecule has 0 aliphatic carbocycles. The fraction of sp³-hybridized carbons (Fsp3) is 1.00. The lowest BCUT2D eigenvalue weighted by Gasteiger charge is -2.16. The summed E-state index contributed by atoms with van der Waals surface area (Å²) in [6, 6.07) is 0. The van der Waals surface area contributed by atoms with Crippen molar-refractivity contribution in [1.29, 1.82) is 0 Å². The van der Waals surface area contributed by atoms with Gasteiger partial charge >= 0.3 is 0 Å². The van der Waals surface area contributed by atoms with Gasteiger partial charge in [0.05, 0.1) is 0 Å². The molecule has 0 amide bonds. The van der Waals surface area contributed by atoms with Crippen LogP contribution in [0.1, 0.15) is 6.92 Å². The number of hydrogen-bond donors (Lipinski definition) is 0. The van der Waals surface area contributed by atoms with E-state index in [1.54, 1.807) is 6.92 Å². The van der Waals surface area contributed by atoms with Gasteiger partial charge in [-0.3, -0.25) is 0 Å². The molecule has 0 aromatic carbocycles. The van der Waals surface area contributed by atoms with Crippen LogP contribution in [0.4, 0.5) is 0 Å². The van der Waals surface area contributed by atoms with E-state index < -0.39 is 0 Å². The van der Waals surface area contributed by atoms with E-state index in [-0.39, 0.29) is 6.29 Å². The van der Waals surface area contributed by atoms with Crippen LogP contribution in [0.15, 0.2) is 0 Å². The van der Waals surface area contributed by atoms with Crippen molar-refractivity contribution in [2.75, 3.05) is 0 Å². The van der Waals surface area contributed by atoms with Crippen LogP contribution in [0.2, 0.25) is 0 Å². The molecule has 0 aromatic rings. The Bertz CT molecular complexity index is 31.9. The van der Waals surface area contributed by atoms with Gasteiger partial charge in [0.15, 0.2) is 0 Å². The second-order valence-electron chi connectivity index (χ2n) is 0.828. The Hall–Kier alpha value is -0.120. The SMILES string of the molecule is CC1OOO1. The van der Waals surface area contributed by atoms with E-state index in [4.69, 9.17) is 0 Å². The molecule has 0 radical (unpaired) electrons. The van der Waals surface area contributed by atoms with Crippen LogP contribution in [-0.4, -0.2) is 6.29 Å². The molecule has 0 unspecified atom stereocenters. The zero-order chi connectivity index (χ0) is 3.70. The average Bonchev–Trinajstić information content (AvgIpc) is 1.30. The van der Waals surface area contributed by atoms with Gasteiger partial charge in [0.1, 0.15) is 0 Å². The topological polar surface area (TPSA) is 27.7 Å². The summed E-state index contributed by atoms with van der Waals surface area (Å²) in [6.07, 6.45) is -0.157. The molecule has 3 heteroatoms. The molecule has 0 spiro atoms. The standard InChI is InChI=1S/C2H4O3/c1-2-3-5-4-2/h2H,1H3. The third-order valence-corrected chi connectivity index (χ3v) is 0.350. The summed E-state index contributed by atoms with van der Waals surface area (Å²) in [5, 5.41) is 3.83. The highest BCUT2D eigenvalue weighted by Gasteiger charge is 2.13. The second-order valence-corrected chi connectivity index (χ2v) is 0.828. The Morgan fingerprint density at radius 3 is 1.80 bits per heavy atom. The molecule has 1 aliphatic rings. The third-order valence-electron chi connectivity index (χ3n) is 0.350. The van der Waals surface area contributed by atoms with E-state index in [0.717, 1.165) is 0 Å². The molecule has 5 heavy (non-hydrogen) atoms. The van der Waals surface area contributed by atoms with Crippen molar-refractivity contribution >= 4 is 0 Å². The quantitative estimate of drug-likeness (QED) is 0.386. The maximum absolute atomic E-state index is 4.21. The zero-order valence-electron chi connectivity index (χ0n) is 2.80. The van der Waals surface area contributed by atoms with Gasteiger partial charge in [-0.2, -0.15) is 9.78 Å². The monoisotopic (exact) mass is 76.0 g/mol. The van der Waals surface area contributed by atoms with Gasteiger partial charge < -0.3 is 0 Å². The summed E-state index contributed by atoms with van der Waals surface area (Å²) in [6.45, 7) is 1.74. The Labute approximate surface area is 29.3 Å².